The number of ether oxygens (including phenoxy) is 1. The molecule has 3 N–H and O–H groups in total. The maximum Gasteiger partial charge on any atom is 0.302 e. The molecule has 1 fully saturated rings. The Bertz CT molecular complexity index is 1010. The van der Waals surface area contributed by atoms with Crippen LogP contribution < -0.4 is 16.0 Å². The molecule has 0 radical (unpaired) electrons. The van der Waals surface area contributed by atoms with E-state index in [0.29, 0.717) is 38.8 Å². The van der Waals surface area contributed by atoms with Crippen molar-refractivity contribution >= 4 is 47.3 Å². The fourth-order valence-corrected chi connectivity index (χ4v) is 4.61. The fraction of sp³-hybridized carbons (Fsp3) is 0.476. The predicted octanol–water partition coefficient (Wildman–Crippen LogP) is 1.00. The maximum absolute atomic E-state index is 12.9. The van der Waals surface area contributed by atoms with Gasteiger partial charge in [-0.05, 0) is 30.2 Å². The van der Waals surface area contributed by atoms with Crippen LogP contribution in [0.4, 0.5) is 0 Å². The third kappa shape index (κ3) is 6.13. The molecule has 0 bridgehead atoms. The summed E-state index contributed by atoms with van der Waals surface area (Å²) in [6.45, 7) is 3.45. The second-order valence-corrected chi connectivity index (χ2v) is 8.48. The van der Waals surface area contributed by atoms with Crippen molar-refractivity contribution in [1.29, 1.82) is 5.26 Å². The zero-order chi connectivity index (χ0) is 24.0. The van der Waals surface area contributed by atoms with Crippen LogP contribution in [0.1, 0.15) is 34.8 Å². The Labute approximate surface area is 201 Å². The molecule has 2 heterocycles. The first-order valence-corrected chi connectivity index (χ1v) is 11.2. The molecular formula is C21H24Cl2N6O4. The number of aldehydes is 1. The minimum Gasteiger partial charge on any atom is -0.461 e. The minimum atomic E-state index is -0.968. The summed E-state index contributed by atoms with van der Waals surface area (Å²) in [6.07, 6.45) is 3.31. The first kappa shape index (κ1) is 24.8. The molecule has 2 aliphatic rings. The van der Waals surface area contributed by atoms with Crippen molar-refractivity contribution < 1.29 is 19.1 Å². The van der Waals surface area contributed by atoms with Crippen molar-refractivity contribution in [2.24, 2.45) is 4.99 Å². The van der Waals surface area contributed by atoms with Crippen LogP contribution in [0.2, 0.25) is 10.0 Å². The van der Waals surface area contributed by atoms with Gasteiger partial charge in [0.1, 0.15) is 18.4 Å². The van der Waals surface area contributed by atoms with Gasteiger partial charge in [-0.15, -0.1) is 0 Å². The van der Waals surface area contributed by atoms with E-state index in [2.05, 4.69) is 20.9 Å². The lowest BCUT2D eigenvalue weighted by Crippen LogP contribution is -2.42. The van der Waals surface area contributed by atoms with E-state index in [-0.39, 0.29) is 40.2 Å². The lowest BCUT2D eigenvalue weighted by Gasteiger charge is -2.22. The summed E-state index contributed by atoms with van der Waals surface area (Å²) in [5.41, 5.74) is 1.92. The molecule has 2 atom stereocenters. The van der Waals surface area contributed by atoms with Crippen molar-refractivity contribution in [3.63, 3.8) is 0 Å². The van der Waals surface area contributed by atoms with E-state index >= 15 is 0 Å². The van der Waals surface area contributed by atoms with Crippen LogP contribution in [-0.4, -0.2) is 67.3 Å². The summed E-state index contributed by atoms with van der Waals surface area (Å²) in [5.74, 6) is -0.733. The van der Waals surface area contributed by atoms with Gasteiger partial charge < -0.3 is 25.1 Å². The average molecular weight is 495 g/mol. The number of hydrogen-bond donors (Lipinski definition) is 3. The lowest BCUT2D eigenvalue weighted by molar-refractivity contribution is -0.145. The van der Waals surface area contributed by atoms with Crippen LogP contribution in [0, 0.1) is 11.5 Å². The molecular weight excluding hydrogens is 471 g/mol. The molecule has 1 amide bonds. The van der Waals surface area contributed by atoms with Gasteiger partial charge in [-0.3, -0.25) is 14.9 Å². The van der Waals surface area contributed by atoms with Gasteiger partial charge in [-0.2, -0.15) is 5.26 Å². The number of nitrogens with one attached hydrogen (secondary N) is 3. The first-order valence-electron chi connectivity index (χ1n) is 10.4. The fourth-order valence-electron chi connectivity index (χ4n) is 3.85. The lowest BCUT2D eigenvalue weighted by atomic mass is 9.97. The van der Waals surface area contributed by atoms with Crippen LogP contribution in [-0.2, 0) is 27.3 Å². The van der Waals surface area contributed by atoms with Crippen molar-refractivity contribution in [1.82, 2.24) is 20.9 Å². The zero-order valence-electron chi connectivity index (χ0n) is 18.0. The number of rotatable bonds is 6. The van der Waals surface area contributed by atoms with Gasteiger partial charge in [-0.1, -0.05) is 23.2 Å². The topological polar surface area (TPSA) is 136 Å². The minimum absolute atomic E-state index is 0.113. The Morgan fingerprint density at radius 3 is 2.97 bits per heavy atom. The number of guanidine groups is 1. The molecule has 10 nitrogen and oxygen atoms in total. The predicted molar refractivity (Wildman–Crippen MR) is 122 cm³/mol. The van der Waals surface area contributed by atoms with Crippen molar-refractivity contribution in [2.75, 3.05) is 26.2 Å². The molecule has 1 aromatic carbocycles. The van der Waals surface area contributed by atoms with Crippen LogP contribution in [0.3, 0.4) is 0 Å². The number of amides is 1. The maximum atomic E-state index is 12.9. The number of carbonyl (C=O) groups is 3. The quantitative estimate of drug-likeness (QED) is 0.133. The van der Waals surface area contributed by atoms with Gasteiger partial charge in [0.05, 0.1) is 28.7 Å². The van der Waals surface area contributed by atoms with E-state index in [1.54, 1.807) is 17.2 Å². The summed E-state index contributed by atoms with van der Waals surface area (Å²) in [5, 5.41) is 17.8. The molecule has 0 unspecified atom stereocenters. The Balaban J connectivity index is 1.70. The zero-order valence-corrected chi connectivity index (χ0v) is 19.5. The Morgan fingerprint density at radius 2 is 2.27 bits per heavy atom. The SMILES string of the molecule is CC(=O)O[C@H]1CCN(C(=NC[C@@H](C=O)NC(=O)c2c(Cl)cc3c(c2Cl)CCNC3)NC#N)C1. The van der Waals surface area contributed by atoms with Crippen LogP contribution >= 0.6 is 23.2 Å². The van der Waals surface area contributed by atoms with E-state index in [0.717, 1.165) is 17.7 Å². The molecule has 33 heavy (non-hydrogen) atoms. The molecule has 0 aliphatic carbocycles. The largest absolute Gasteiger partial charge is 0.461 e. The molecule has 2 aliphatic heterocycles. The second kappa shape index (κ2) is 11.3. The number of likely N-dealkylation sites (tertiary alicyclic amines) is 1. The number of hydrogen-bond acceptors (Lipinski definition) is 7. The highest BCUT2D eigenvalue weighted by molar-refractivity contribution is 6.40. The van der Waals surface area contributed by atoms with Gasteiger partial charge >= 0.3 is 5.97 Å². The van der Waals surface area contributed by atoms with Crippen molar-refractivity contribution in [3.8, 4) is 6.19 Å². The number of carbonyl (C=O) groups excluding carboxylic acids is 3. The number of fused-ring (bicyclic) bond motifs is 1. The number of nitriles is 1. The van der Waals surface area contributed by atoms with E-state index < -0.39 is 11.9 Å². The summed E-state index contributed by atoms with van der Waals surface area (Å²) in [7, 11) is 0. The summed E-state index contributed by atoms with van der Waals surface area (Å²) in [6, 6.07) is 0.740. The van der Waals surface area contributed by atoms with Crippen LogP contribution in [0.25, 0.3) is 0 Å². The molecule has 1 aromatic rings. The molecule has 1 saturated heterocycles. The number of esters is 1. The van der Waals surface area contributed by atoms with Gasteiger partial charge in [0.25, 0.3) is 5.91 Å². The van der Waals surface area contributed by atoms with Crippen LogP contribution in [0.5, 0.6) is 0 Å². The molecule has 0 aromatic heterocycles. The monoisotopic (exact) mass is 494 g/mol. The first-order chi connectivity index (χ1) is 15.8. The van der Waals surface area contributed by atoms with Crippen molar-refractivity contribution in [2.45, 2.75) is 38.5 Å². The van der Waals surface area contributed by atoms with Gasteiger partial charge in [0.2, 0.25) is 5.96 Å². The molecule has 3 rings (SSSR count). The third-order valence-electron chi connectivity index (χ3n) is 5.37. The van der Waals surface area contributed by atoms with E-state index in [4.69, 9.17) is 33.2 Å². The molecule has 0 spiro atoms. The highest BCUT2D eigenvalue weighted by Crippen LogP contribution is 2.33. The smallest absolute Gasteiger partial charge is 0.302 e. The van der Waals surface area contributed by atoms with Gasteiger partial charge in [0.15, 0.2) is 6.19 Å². The molecule has 0 saturated carbocycles. The van der Waals surface area contributed by atoms with E-state index in [1.165, 1.54) is 6.92 Å². The van der Waals surface area contributed by atoms with Gasteiger partial charge in [-0.25, -0.2) is 4.99 Å². The molecule has 176 valence electrons. The highest BCUT2D eigenvalue weighted by Gasteiger charge is 2.28. The number of aliphatic imine (C=N–C) groups is 1. The highest BCUT2D eigenvalue weighted by atomic mass is 35.5. The summed E-state index contributed by atoms with van der Waals surface area (Å²) >= 11 is 12.8. The standard InChI is InChI=1S/C21H24Cl2N6O4/c1-12(31)33-15-3-5-29(9-15)21(27-11-24)26-8-14(10-30)28-20(32)18-17(22)6-13-7-25-4-2-16(13)19(18)23/h6,10,14-15,25H,2-5,7-9H2,1H3,(H,26,27)(H,28,32)/t14-,15-/m0/s1. The Morgan fingerprint density at radius 1 is 1.48 bits per heavy atom. The number of benzene rings is 1. The molecule has 12 heteroatoms. The second-order valence-electron chi connectivity index (χ2n) is 7.70. The number of halogens is 2. The average Bonchev–Trinajstić information content (AvgIpc) is 3.23. The van der Waals surface area contributed by atoms with E-state index in [9.17, 15) is 14.4 Å². The Hall–Kier alpha value is -2.87. The summed E-state index contributed by atoms with van der Waals surface area (Å²) in [4.78, 5) is 41.7. The normalized spacial score (nSPS) is 18.7. The Kier molecular flexibility index (Phi) is 8.49. The third-order valence-corrected chi connectivity index (χ3v) is 6.08. The van der Waals surface area contributed by atoms with Crippen LogP contribution in [0.15, 0.2) is 11.1 Å². The van der Waals surface area contributed by atoms with Crippen molar-refractivity contribution in [3.05, 3.63) is 32.8 Å². The van der Waals surface area contributed by atoms with E-state index in [1.807, 2.05) is 0 Å². The summed E-state index contributed by atoms with van der Waals surface area (Å²) < 4.78 is 5.19. The number of nitrogens with zero attached hydrogens (tertiary/aromatic N) is 3. The van der Waals surface area contributed by atoms with Gasteiger partial charge in [0, 0.05) is 26.4 Å².